The van der Waals surface area contributed by atoms with Gasteiger partial charge in [-0.3, -0.25) is 0 Å². The fraction of sp³-hybridized carbons (Fsp3) is 0.0833. The molecule has 0 saturated carbocycles. The minimum absolute atomic E-state index is 0.586. The van der Waals surface area contributed by atoms with Crippen molar-refractivity contribution in [3.8, 4) is 17.4 Å². The maximum Gasteiger partial charge on any atom is 0.219 e. The molecule has 0 atom stereocenters. The molecule has 0 amide bonds. The molecular weight excluding hydrogens is 190 g/mol. The molecule has 0 bridgehead atoms. The Morgan fingerprint density at radius 3 is 2.27 bits per heavy atom. The molecule has 1 heterocycles. The quantitative estimate of drug-likeness (QED) is 0.765. The lowest BCUT2D eigenvalue weighted by molar-refractivity contribution is 0.412. The van der Waals surface area contributed by atoms with Crippen LogP contribution in [0, 0.1) is 0 Å². The Hall–Kier alpha value is -2.03. The van der Waals surface area contributed by atoms with E-state index in [0.717, 1.165) is 11.5 Å². The Labute approximate surface area is 88.3 Å². The summed E-state index contributed by atoms with van der Waals surface area (Å²) < 4.78 is 10.6. The summed E-state index contributed by atoms with van der Waals surface area (Å²) in [6.07, 6.45) is 1.69. The van der Waals surface area contributed by atoms with Gasteiger partial charge < -0.3 is 9.47 Å². The summed E-state index contributed by atoms with van der Waals surface area (Å²) >= 11 is 0. The number of benzene rings is 1. The van der Waals surface area contributed by atoms with Crippen LogP contribution in [0.15, 0.2) is 48.7 Å². The van der Waals surface area contributed by atoms with Crippen LogP contribution in [-0.4, -0.2) is 12.1 Å². The highest BCUT2D eigenvalue weighted by molar-refractivity contribution is 5.33. The highest BCUT2D eigenvalue weighted by Crippen LogP contribution is 2.21. The first-order valence-electron chi connectivity index (χ1n) is 4.61. The molecule has 0 aliphatic rings. The molecule has 2 aromatic rings. The molecule has 0 unspecified atom stereocenters. The Balaban J connectivity index is 2.11. The largest absolute Gasteiger partial charge is 0.497 e. The normalized spacial score (nSPS) is 9.67. The molecule has 0 fully saturated rings. The van der Waals surface area contributed by atoms with Crippen LogP contribution < -0.4 is 9.47 Å². The van der Waals surface area contributed by atoms with Crippen LogP contribution in [0.2, 0.25) is 0 Å². The van der Waals surface area contributed by atoms with E-state index < -0.39 is 0 Å². The Morgan fingerprint density at radius 2 is 1.67 bits per heavy atom. The molecule has 0 aliphatic carbocycles. The highest BCUT2D eigenvalue weighted by Gasteiger charge is 1.97. The van der Waals surface area contributed by atoms with Gasteiger partial charge in [0.1, 0.15) is 11.5 Å². The minimum Gasteiger partial charge on any atom is -0.497 e. The molecule has 1 aromatic heterocycles. The molecule has 3 nitrogen and oxygen atoms in total. The van der Waals surface area contributed by atoms with E-state index in [4.69, 9.17) is 9.47 Å². The predicted octanol–water partition coefficient (Wildman–Crippen LogP) is 2.88. The number of ether oxygens (including phenoxy) is 2. The maximum atomic E-state index is 5.51. The van der Waals surface area contributed by atoms with Crippen molar-refractivity contribution in [2.75, 3.05) is 7.11 Å². The first-order chi connectivity index (χ1) is 7.38. The second kappa shape index (κ2) is 4.46. The summed E-state index contributed by atoms with van der Waals surface area (Å²) in [5, 5.41) is 0. The molecule has 0 N–H and O–H groups in total. The van der Waals surface area contributed by atoms with Crippen molar-refractivity contribution < 1.29 is 9.47 Å². The Morgan fingerprint density at radius 1 is 0.933 bits per heavy atom. The fourth-order valence-electron chi connectivity index (χ4n) is 1.17. The molecule has 0 radical (unpaired) electrons. The van der Waals surface area contributed by atoms with E-state index in [9.17, 15) is 0 Å². The van der Waals surface area contributed by atoms with Gasteiger partial charge in [-0.05, 0) is 30.3 Å². The van der Waals surface area contributed by atoms with Gasteiger partial charge in [0.05, 0.1) is 7.11 Å². The molecule has 2 rings (SSSR count). The minimum atomic E-state index is 0.586. The van der Waals surface area contributed by atoms with Gasteiger partial charge >= 0.3 is 0 Å². The molecule has 0 saturated heterocycles. The lowest BCUT2D eigenvalue weighted by atomic mass is 10.3. The van der Waals surface area contributed by atoms with Crippen LogP contribution >= 0.6 is 0 Å². The van der Waals surface area contributed by atoms with Crippen molar-refractivity contribution in [2.45, 2.75) is 0 Å². The number of hydrogen-bond acceptors (Lipinski definition) is 3. The lowest BCUT2D eigenvalue weighted by Crippen LogP contribution is -1.87. The second-order valence-electron chi connectivity index (χ2n) is 2.95. The zero-order valence-electron chi connectivity index (χ0n) is 8.38. The van der Waals surface area contributed by atoms with Crippen molar-refractivity contribution in [1.82, 2.24) is 4.98 Å². The van der Waals surface area contributed by atoms with Gasteiger partial charge in [0.25, 0.3) is 0 Å². The number of hydrogen-bond donors (Lipinski definition) is 0. The maximum absolute atomic E-state index is 5.51. The van der Waals surface area contributed by atoms with E-state index in [-0.39, 0.29) is 0 Å². The summed E-state index contributed by atoms with van der Waals surface area (Å²) in [6.45, 7) is 0. The van der Waals surface area contributed by atoms with E-state index in [1.54, 1.807) is 13.3 Å². The molecule has 1 aromatic carbocycles. The summed E-state index contributed by atoms with van der Waals surface area (Å²) in [7, 11) is 1.63. The fourth-order valence-corrected chi connectivity index (χ4v) is 1.17. The van der Waals surface area contributed by atoms with Crippen molar-refractivity contribution in [2.24, 2.45) is 0 Å². The summed E-state index contributed by atoms with van der Waals surface area (Å²) in [4.78, 5) is 4.06. The van der Waals surface area contributed by atoms with Crippen molar-refractivity contribution in [1.29, 1.82) is 0 Å². The summed E-state index contributed by atoms with van der Waals surface area (Å²) in [6, 6.07) is 12.9. The van der Waals surface area contributed by atoms with E-state index in [1.165, 1.54) is 0 Å². The molecule has 15 heavy (non-hydrogen) atoms. The topological polar surface area (TPSA) is 31.4 Å². The third kappa shape index (κ3) is 2.47. The highest BCUT2D eigenvalue weighted by atomic mass is 16.5. The smallest absolute Gasteiger partial charge is 0.219 e. The van der Waals surface area contributed by atoms with Crippen molar-refractivity contribution in [3.63, 3.8) is 0 Å². The Kier molecular flexibility index (Phi) is 2.83. The average Bonchev–Trinajstić information content (AvgIpc) is 2.31. The third-order valence-electron chi connectivity index (χ3n) is 1.92. The van der Waals surface area contributed by atoms with E-state index in [0.29, 0.717) is 5.88 Å². The van der Waals surface area contributed by atoms with Gasteiger partial charge in [0, 0.05) is 12.3 Å². The van der Waals surface area contributed by atoms with Gasteiger partial charge in [-0.25, -0.2) is 4.98 Å². The van der Waals surface area contributed by atoms with E-state index in [1.807, 2.05) is 42.5 Å². The van der Waals surface area contributed by atoms with E-state index >= 15 is 0 Å². The van der Waals surface area contributed by atoms with Crippen LogP contribution in [0.5, 0.6) is 17.4 Å². The molecule has 0 spiro atoms. The number of aromatic nitrogens is 1. The zero-order valence-corrected chi connectivity index (χ0v) is 8.38. The van der Waals surface area contributed by atoms with Gasteiger partial charge in [-0.1, -0.05) is 6.07 Å². The van der Waals surface area contributed by atoms with Crippen molar-refractivity contribution >= 4 is 0 Å². The monoisotopic (exact) mass is 201 g/mol. The van der Waals surface area contributed by atoms with Crippen LogP contribution in [-0.2, 0) is 0 Å². The van der Waals surface area contributed by atoms with Crippen LogP contribution in [0.1, 0.15) is 0 Å². The standard InChI is InChI=1S/C12H11NO2/c1-14-10-5-7-11(8-6-10)15-12-4-2-3-9-13-12/h2-9H,1H3. The molecule has 0 aliphatic heterocycles. The lowest BCUT2D eigenvalue weighted by Gasteiger charge is -2.04. The first-order valence-corrected chi connectivity index (χ1v) is 4.61. The number of pyridine rings is 1. The third-order valence-corrected chi connectivity index (χ3v) is 1.92. The number of nitrogens with zero attached hydrogens (tertiary/aromatic N) is 1. The zero-order chi connectivity index (χ0) is 10.5. The predicted molar refractivity (Wildman–Crippen MR) is 57.3 cm³/mol. The van der Waals surface area contributed by atoms with Crippen molar-refractivity contribution in [3.05, 3.63) is 48.7 Å². The molecule has 3 heteroatoms. The number of methoxy groups -OCH3 is 1. The summed E-state index contributed by atoms with van der Waals surface area (Å²) in [5.74, 6) is 2.14. The SMILES string of the molecule is COc1ccc(Oc2ccccn2)cc1. The first kappa shape index (κ1) is 9.52. The van der Waals surface area contributed by atoms with Crippen LogP contribution in [0.3, 0.4) is 0 Å². The van der Waals surface area contributed by atoms with Crippen LogP contribution in [0.25, 0.3) is 0 Å². The van der Waals surface area contributed by atoms with E-state index in [2.05, 4.69) is 4.98 Å². The second-order valence-corrected chi connectivity index (χ2v) is 2.95. The average molecular weight is 201 g/mol. The Bertz CT molecular complexity index is 411. The summed E-state index contributed by atoms with van der Waals surface area (Å²) in [5.41, 5.74) is 0. The number of rotatable bonds is 3. The van der Waals surface area contributed by atoms with Gasteiger partial charge in [0.15, 0.2) is 0 Å². The molecule has 76 valence electrons. The van der Waals surface area contributed by atoms with Gasteiger partial charge in [-0.2, -0.15) is 0 Å². The van der Waals surface area contributed by atoms with Crippen LogP contribution in [0.4, 0.5) is 0 Å². The van der Waals surface area contributed by atoms with Gasteiger partial charge in [-0.15, -0.1) is 0 Å². The van der Waals surface area contributed by atoms with Gasteiger partial charge in [0.2, 0.25) is 5.88 Å². The molecular formula is C12H11NO2.